The second-order valence-corrected chi connectivity index (χ2v) is 6.86. The molecule has 4 aromatic rings. The number of aromatic nitrogens is 3. The van der Waals surface area contributed by atoms with Crippen molar-refractivity contribution in [2.75, 3.05) is 0 Å². The number of H-pyrrole nitrogens is 1. The number of fused-ring (bicyclic) bond motifs is 1. The Morgan fingerprint density at radius 1 is 1.19 bits per heavy atom. The van der Waals surface area contributed by atoms with E-state index < -0.39 is 11.2 Å². The van der Waals surface area contributed by atoms with Crippen molar-refractivity contribution in [3.8, 4) is 17.2 Å². The molecule has 0 saturated heterocycles. The summed E-state index contributed by atoms with van der Waals surface area (Å²) in [7, 11) is 0. The van der Waals surface area contributed by atoms with Gasteiger partial charge in [0.25, 0.3) is 5.56 Å². The third-order valence-electron chi connectivity index (χ3n) is 4.97. The van der Waals surface area contributed by atoms with Crippen molar-refractivity contribution >= 4 is 23.4 Å². The van der Waals surface area contributed by atoms with Crippen LogP contribution in [0.1, 0.15) is 16.7 Å². The van der Waals surface area contributed by atoms with Crippen LogP contribution in [0.2, 0.25) is 0 Å². The molecular weight excluding hydrogens is 390 g/mol. The lowest BCUT2D eigenvalue weighted by Crippen LogP contribution is -2.35. The smallest absolute Gasteiger partial charge is 0.305 e. The van der Waals surface area contributed by atoms with Crippen molar-refractivity contribution in [3.05, 3.63) is 105 Å². The first kappa shape index (κ1) is 19.7. The van der Waals surface area contributed by atoms with Crippen LogP contribution in [0.3, 0.4) is 0 Å². The molecule has 0 saturated carbocycles. The minimum atomic E-state index is -0.622. The van der Waals surface area contributed by atoms with Crippen molar-refractivity contribution in [1.29, 1.82) is 5.26 Å². The van der Waals surface area contributed by atoms with Gasteiger partial charge in [0.05, 0.1) is 29.0 Å². The molecule has 0 spiro atoms. The van der Waals surface area contributed by atoms with E-state index in [4.69, 9.17) is 0 Å². The Bertz CT molecular complexity index is 1520. The number of pyridine rings is 1. The van der Waals surface area contributed by atoms with Crippen LogP contribution in [-0.4, -0.2) is 21.3 Å². The maximum Gasteiger partial charge on any atom is 0.333 e. The van der Waals surface area contributed by atoms with Gasteiger partial charge in [0.2, 0.25) is 0 Å². The van der Waals surface area contributed by atoms with Crippen LogP contribution >= 0.6 is 0 Å². The minimum Gasteiger partial charge on any atom is -0.305 e. The van der Waals surface area contributed by atoms with Gasteiger partial charge in [0.15, 0.2) is 5.52 Å². The van der Waals surface area contributed by atoms with Gasteiger partial charge in [0, 0.05) is 22.9 Å². The Morgan fingerprint density at radius 3 is 2.68 bits per heavy atom. The molecule has 150 valence electrons. The minimum absolute atomic E-state index is 0.0985. The van der Waals surface area contributed by atoms with Gasteiger partial charge in [-0.3, -0.25) is 9.79 Å². The normalized spacial score (nSPS) is 11.3. The van der Waals surface area contributed by atoms with Crippen molar-refractivity contribution in [3.63, 3.8) is 0 Å². The average Bonchev–Trinajstić information content (AvgIpc) is 2.78. The zero-order chi connectivity index (χ0) is 22.0. The summed E-state index contributed by atoms with van der Waals surface area (Å²) in [5, 5.41) is 9.36. The third-order valence-corrected chi connectivity index (χ3v) is 4.97. The van der Waals surface area contributed by atoms with Gasteiger partial charge in [-0.2, -0.15) is 5.26 Å². The van der Waals surface area contributed by atoms with Crippen molar-refractivity contribution in [2.24, 2.45) is 4.99 Å². The number of hydrogen-bond acceptors (Lipinski definition) is 5. The molecule has 0 aliphatic rings. The van der Waals surface area contributed by atoms with Gasteiger partial charge in [-0.15, -0.1) is 0 Å². The standard InChI is InChI=1S/C24H17N5O2/c1-15-7-3-5-9-18(15)21(14-26-2)29-23(30)22-20(28-24(29)31)11-17(13-27-22)19-10-6-4-8-16(19)12-25/h3-11,13-14H,2H2,1H3,(H,28,31)/b21-14+. The topological polar surface area (TPSA) is 104 Å². The van der Waals surface area contributed by atoms with Crippen molar-refractivity contribution < 1.29 is 0 Å². The Labute approximate surface area is 177 Å². The molecule has 2 aromatic heterocycles. The van der Waals surface area contributed by atoms with Gasteiger partial charge in [0.1, 0.15) is 0 Å². The monoisotopic (exact) mass is 407 g/mol. The number of aryl methyl sites for hydroxylation is 1. The molecule has 0 radical (unpaired) electrons. The maximum absolute atomic E-state index is 13.2. The van der Waals surface area contributed by atoms with E-state index in [1.807, 2.05) is 31.2 Å². The molecule has 0 fully saturated rings. The number of nitrogens with zero attached hydrogens (tertiary/aromatic N) is 4. The van der Waals surface area contributed by atoms with Gasteiger partial charge >= 0.3 is 5.69 Å². The predicted octanol–water partition coefficient (Wildman–Crippen LogP) is 3.48. The predicted molar refractivity (Wildman–Crippen MR) is 121 cm³/mol. The lowest BCUT2D eigenvalue weighted by Gasteiger charge is -2.13. The Kier molecular flexibility index (Phi) is 5.12. The summed E-state index contributed by atoms with van der Waals surface area (Å²) in [4.78, 5) is 37.0. The number of aromatic amines is 1. The number of hydrogen-bond donors (Lipinski definition) is 1. The fourth-order valence-corrected chi connectivity index (χ4v) is 3.49. The molecular formula is C24H17N5O2. The largest absolute Gasteiger partial charge is 0.333 e. The first-order chi connectivity index (χ1) is 15.0. The third kappa shape index (κ3) is 3.47. The zero-order valence-electron chi connectivity index (χ0n) is 16.7. The van der Waals surface area contributed by atoms with Crippen LogP contribution in [0.25, 0.3) is 27.9 Å². The number of nitriles is 1. The lowest BCUT2D eigenvalue weighted by molar-refractivity contribution is 0.913. The highest BCUT2D eigenvalue weighted by Crippen LogP contribution is 2.24. The quantitative estimate of drug-likeness (QED) is 0.523. The Hall–Kier alpha value is -4.57. The Morgan fingerprint density at radius 2 is 1.94 bits per heavy atom. The number of rotatable bonds is 4. The molecule has 0 aliphatic carbocycles. The number of aliphatic imine (C=N–C) groups is 1. The fraction of sp³-hybridized carbons (Fsp3) is 0.0417. The van der Waals surface area contributed by atoms with E-state index in [0.717, 1.165) is 10.1 Å². The van der Waals surface area contributed by atoms with E-state index in [9.17, 15) is 14.9 Å². The number of nitrogens with one attached hydrogen (secondary N) is 1. The van der Waals surface area contributed by atoms with Crippen LogP contribution in [0.15, 0.2) is 81.6 Å². The molecule has 0 atom stereocenters. The van der Waals surface area contributed by atoms with E-state index in [0.29, 0.717) is 28.0 Å². The molecule has 0 aliphatic heterocycles. The summed E-state index contributed by atoms with van der Waals surface area (Å²) in [5.74, 6) is 0. The molecule has 7 heteroatoms. The second kappa shape index (κ2) is 8.05. The lowest BCUT2D eigenvalue weighted by atomic mass is 10.0. The summed E-state index contributed by atoms with van der Waals surface area (Å²) in [6.45, 7) is 5.35. The Balaban J connectivity index is 1.96. The van der Waals surface area contributed by atoms with Crippen molar-refractivity contribution in [2.45, 2.75) is 6.92 Å². The van der Waals surface area contributed by atoms with Gasteiger partial charge in [-0.05, 0) is 31.3 Å². The molecule has 0 unspecified atom stereocenters. The maximum atomic E-state index is 13.2. The summed E-state index contributed by atoms with van der Waals surface area (Å²) >= 11 is 0. The van der Waals surface area contributed by atoms with Gasteiger partial charge in [-0.1, -0.05) is 42.5 Å². The second-order valence-electron chi connectivity index (χ2n) is 6.86. The highest BCUT2D eigenvalue weighted by Gasteiger charge is 2.16. The molecule has 0 amide bonds. The van der Waals surface area contributed by atoms with E-state index in [-0.39, 0.29) is 11.0 Å². The highest BCUT2D eigenvalue weighted by atomic mass is 16.2. The summed E-state index contributed by atoms with van der Waals surface area (Å²) in [6.07, 6.45) is 2.90. The molecule has 4 rings (SSSR count). The van der Waals surface area contributed by atoms with E-state index in [1.165, 1.54) is 12.4 Å². The molecule has 2 aromatic carbocycles. The summed E-state index contributed by atoms with van der Waals surface area (Å²) < 4.78 is 1.01. The van der Waals surface area contributed by atoms with Gasteiger partial charge in [-0.25, -0.2) is 14.3 Å². The average molecular weight is 407 g/mol. The van der Waals surface area contributed by atoms with E-state index in [2.05, 4.69) is 27.7 Å². The molecule has 7 nitrogen and oxygen atoms in total. The molecule has 1 N–H and O–H groups in total. The van der Waals surface area contributed by atoms with E-state index in [1.54, 1.807) is 30.3 Å². The van der Waals surface area contributed by atoms with Crippen LogP contribution < -0.4 is 11.2 Å². The van der Waals surface area contributed by atoms with Crippen LogP contribution in [-0.2, 0) is 0 Å². The molecule has 31 heavy (non-hydrogen) atoms. The van der Waals surface area contributed by atoms with E-state index >= 15 is 0 Å². The van der Waals surface area contributed by atoms with Gasteiger partial charge < -0.3 is 4.98 Å². The SMILES string of the molecule is C=N/C=C(\c1ccccc1C)n1c(=O)[nH]c2cc(-c3ccccc3C#N)cnc2c1=O. The first-order valence-electron chi connectivity index (χ1n) is 9.42. The zero-order valence-corrected chi connectivity index (χ0v) is 16.7. The fourth-order valence-electron chi connectivity index (χ4n) is 3.49. The molecule has 2 heterocycles. The highest BCUT2D eigenvalue weighted by molar-refractivity contribution is 5.82. The van der Waals surface area contributed by atoms with Crippen molar-refractivity contribution in [1.82, 2.24) is 14.5 Å². The van der Waals surface area contributed by atoms with Crippen LogP contribution in [0.5, 0.6) is 0 Å². The molecule has 0 bridgehead atoms. The van der Waals surface area contributed by atoms with Crippen LogP contribution in [0, 0.1) is 18.3 Å². The summed E-state index contributed by atoms with van der Waals surface area (Å²) in [5.41, 5.74) is 2.82. The van der Waals surface area contributed by atoms with Crippen LogP contribution in [0.4, 0.5) is 0 Å². The first-order valence-corrected chi connectivity index (χ1v) is 9.42. The number of benzene rings is 2. The summed E-state index contributed by atoms with van der Waals surface area (Å²) in [6, 6.07) is 18.2.